The molecular weight excluding hydrogens is 304 g/mol. The lowest BCUT2D eigenvalue weighted by Gasteiger charge is -2.35. The van der Waals surface area contributed by atoms with Crippen molar-refractivity contribution in [2.75, 3.05) is 18.9 Å². The molecule has 0 radical (unpaired) electrons. The molecule has 0 aliphatic carbocycles. The first-order valence-electron chi connectivity index (χ1n) is 7.54. The minimum absolute atomic E-state index is 0.146. The molecule has 120 valence electrons. The first-order valence-corrected chi connectivity index (χ1v) is 7.92. The minimum atomic E-state index is -0.604. The lowest BCUT2D eigenvalue weighted by molar-refractivity contribution is -0.138. The van der Waals surface area contributed by atoms with Gasteiger partial charge < -0.3 is 15.4 Å². The molecule has 0 bridgehead atoms. The largest absolute Gasteiger partial charge is 0.452 e. The van der Waals surface area contributed by atoms with E-state index in [9.17, 15) is 9.59 Å². The Balaban J connectivity index is 1.94. The zero-order valence-electron chi connectivity index (χ0n) is 12.7. The quantitative estimate of drug-likeness (QED) is 0.682. The number of nitrogens with two attached hydrogens (primary N) is 1. The molecule has 2 rings (SSSR count). The fourth-order valence-electron chi connectivity index (χ4n) is 2.76. The fourth-order valence-corrected chi connectivity index (χ4v) is 2.94. The number of nitrogens with zero attached hydrogens (tertiary/aromatic N) is 1. The van der Waals surface area contributed by atoms with Crippen LogP contribution in [0.4, 0.5) is 5.69 Å². The van der Waals surface area contributed by atoms with E-state index in [1.54, 1.807) is 6.07 Å². The van der Waals surface area contributed by atoms with Crippen molar-refractivity contribution in [3.63, 3.8) is 0 Å². The van der Waals surface area contributed by atoms with E-state index in [1.165, 1.54) is 12.1 Å². The molecule has 1 aliphatic rings. The van der Waals surface area contributed by atoms with Crippen LogP contribution in [0.5, 0.6) is 0 Å². The third-order valence-electron chi connectivity index (χ3n) is 3.98. The maximum Gasteiger partial charge on any atom is 0.340 e. The summed E-state index contributed by atoms with van der Waals surface area (Å²) >= 11 is 5.79. The Morgan fingerprint density at radius 2 is 2.18 bits per heavy atom. The Kier molecular flexibility index (Phi) is 5.66. The molecule has 2 N–H and O–H groups in total. The summed E-state index contributed by atoms with van der Waals surface area (Å²) in [5.41, 5.74) is 6.20. The van der Waals surface area contributed by atoms with Crippen LogP contribution in [0.2, 0.25) is 5.02 Å². The van der Waals surface area contributed by atoms with Crippen LogP contribution in [0.15, 0.2) is 18.2 Å². The van der Waals surface area contributed by atoms with Gasteiger partial charge in [-0.3, -0.25) is 4.79 Å². The van der Waals surface area contributed by atoms with Crippen LogP contribution in [0.1, 0.15) is 43.0 Å². The zero-order chi connectivity index (χ0) is 16.1. The summed E-state index contributed by atoms with van der Waals surface area (Å²) < 4.78 is 5.10. The molecule has 1 atom stereocenters. The molecule has 1 aliphatic heterocycles. The monoisotopic (exact) mass is 324 g/mol. The molecule has 1 unspecified atom stereocenters. The van der Waals surface area contributed by atoms with Crippen molar-refractivity contribution in [2.45, 2.75) is 38.6 Å². The molecule has 5 nitrogen and oxygen atoms in total. The molecular formula is C16H21ClN2O3. The molecule has 0 aromatic heterocycles. The van der Waals surface area contributed by atoms with Gasteiger partial charge in [0.25, 0.3) is 5.91 Å². The molecule has 6 heteroatoms. The van der Waals surface area contributed by atoms with Crippen LogP contribution in [-0.4, -0.2) is 36.0 Å². The van der Waals surface area contributed by atoms with Crippen LogP contribution in [0, 0.1) is 0 Å². The number of carbonyl (C=O) groups excluding carboxylic acids is 2. The van der Waals surface area contributed by atoms with Crippen LogP contribution >= 0.6 is 11.6 Å². The molecule has 0 spiro atoms. The maximum atomic E-state index is 12.2. The van der Waals surface area contributed by atoms with Crippen molar-refractivity contribution in [2.24, 2.45) is 0 Å². The molecule has 22 heavy (non-hydrogen) atoms. The molecule has 1 aromatic rings. The lowest BCUT2D eigenvalue weighted by Crippen LogP contribution is -2.45. The Morgan fingerprint density at radius 3 is 2.86 bits per heavy atom. The van der Waals surface area contributed by atoms with E-state index in [2.05, 4.69) is 6.92 Å². The van der Waals surface area contributed by atoms with Crippen molar-refractivity contribution < 1.29 is 14.3 Å². The molecule has 1 aromatic carbocycles. The standard InChI is InChI=1S/C16H21ClN2O3/c1-2-12-5-3-4-8-19(12)15(20)10-22-16(21)13-7-6-11(17)9-14(13)18/h6-7,9,12H,2-5,8,10,18H2,1H3. The van der Waals surface area contributed by atoms with E-state index in [0.717, 1.165) is 32.2 Å². The number of hydrogen-bond acceptors (Lipinski definition) is 4. The number of halogens is 1. The summed E-state index contributed by atoms with van der Waals surface area (Å²) in [4.78, 5) is 26.1. The number of piperidine rings is 1. The topological polar surface area (TPSA) is 72.6 Å². The number of esters is 1. The first-order chi connectivity index (χ1) is 10.5. The maximum absolute atomic E-state index is 12.2. The van der Waals surface area contributed by atoms with Crippen LogP contribution < -0.4 is 5.73 Å². The second-order valence-corrected chi connectivity index (χ2v) is 5.89. The predicted molar refractivity (Wildman–Crippen MR) is 85.8 cm³/mol. The average molecular weight is 325 g/mol. The number of nitrogen functional groups attached to an aromatic ring is 1. The number of carbonyl (C=O) groups is 2. The first kappa shape index (κ1) is 16.6. The van der Waals surface area contributed by atoms with Gasteiger partial charge in [-0.2, -0.15) is 0 Å². The summed E-state index contributed by atoms with van der Waals surface area (Å²) in [5, 5.41) is 0.448. The van der Waals surface area contributed by atoms with Crippen molar-refractivity contribution in [3.05, 3.63) is 28.8 Å². The van der Waals surface area contributed by atoms with Crippen molar-refractivity contribution in [1.82, 2.24) is 4.90 Å². The smallest absolute Gasteiger partial charge is 0.340 e. The number of rotatable bonds is 4. The SMILES string of the molecule is CCC1CCCCN1C(=O)COC(=O)c1ccc(Cl)cc1N. The number of benzene rings is 1. The van der Waals surface area contributed by atoms with Gasteiger partial charge in [-0.1, -0.05) is 18.5 Å². The highest BCUT2D eigenvalue weighted by molar-refractivity contribution is 6.31. The summed E-state index contributed by atoms with van der Waals surface area (Å²) in [6.07, 6.45) is 4.08. The van der Waals surface area contributed by atoms with Crippen molar-refractivity contribution in [1.29, 1.82) is 0 Å². The van der Waals surface area contributed by atoms with Gasteiger partial charge in [0.2, 0.25) is 0 Å². The fraction of sp³-hybridized carbons (Fsp3) is 0.500. The number of likely N-dealkylation sites (tertiary alicyclic amines) is 1. The summed E-state index contributed by atoms with van der Waals surface area (Å²) in [6, 6.07) is 4.80. The molecule has 1 amide bonds. The third-order valence-corrected chi connectivity index (χ3v) is 4.21. The van der Waals surface area contributed by atoms with Gasteiger partial charge in [0.05, 0.1) is 5.56 Å². The van der Waals surface area contributed by atoms with Crippen molar-refractivity contribution >= 4 is 29.2 Å². The van der Waals surface area contributed by atoms with Gasteiger partial charge in [-0.15, -0.1) is 0 Å². The third kappa shape index (κ3) is 3.91. The average Bonchev–Trinajstić information content (AvgIpc) is 2.52. The molecule has 1 saturated heterocycles. The van der Waals surface area contributed by atoms with E-state index in [1.807, 2.05) is 4.90 Å². The molecule has 1 heterocycles. The molecule has 0 saturated carbocycles. The van der Waals surface area contributed by atoms with Crippen LogP contribution in [0.25, 0.3) is 0 Å². The van der Waals surface area contributed by atoms with E-state index in [0.29, 0.717) is 5.02 Å². The van der Waals surface area contributed by atoms with E-state index >= 15 is 0 Å². The van der Waals surface area contributed by atoms with Gasteiger partial charge in [0.15, 0.2) is 6.61 Å². The second kappa shape index (κ2) is 7.49. The number of hydrogen-bond donors (Lipinski definition) is 1. The zero-order valence-corrected chi connectivity index (χ0v) is 13.4. The van der Waals surface area contributed by atoms with Crippen molar-refractivity contribution in [3.8, 4) is 0 Å². The Bertz CT molecular complexity index is 562. The van der Waals surface area contributed by atoms with Crippen LogP contribution in [0.3, 0.4) is 0 Å². The van der Waals surface area contributed by atoms with Gasteiger partial charge in [0, 0.05) is 23.3 Å². The summed E-state index contributed by atoms with van der Waals surface area (Å²) in [6.45, 7) is 2.55. The highest BCUT2D eigenvalue weighted by Crippen LogP contribution is 2.21. The summed E-state index contributed by atoms with van der Waals surface area (Å²) in [5.74, 6) is -0.750. The molecule has 1 fully saturated rings. The van der Waals surface area contributed by atoms with Gasteiger partial charge in [0.1, 0.15) is 0 Å². The highest BCUT2D eigenvalue weighted by atomic mass is 35.5. The Morgan fingerprint density at radius 1 is 1.41 bits per heavy atom. The normalized spacial score (nSPS) is 18.1. The Hall–Kier alpha value is -1.75. The number of amides is 1. The highest BCUT2D eigenvalue weighted by Gasteiger charge is 2.26. The van der Waals surface area contributed by atoms with Crippen LogP contribution in [-0.2, 0) is 9.53 Å². The van der Waals surface area contributed by atoms with Gasteiger partial charge in [-0.25, -0.2) is 4.79 Å². The lowest BCUT2D eigenvalue weighted by atomic mass is 10.00. The predicted octanol–water partition coefficient (Wildman–Crippen LogP) is 2.87. The van der Waals surface area contributed by atoms with E-state index < -0.39 is 5.97 Å². The minimum Gasteiger partial charge on any atom is -0.452 e. The van der Waals surface area contributed by atoms with E-state index in [4.69, 9.17) is 22.1 Å². The number of anilines is 1. The van der Waals surface area contributed by atoms with Gasteiger partial charge >= 0.3 is 5.97 Å². The summed E-state index contributed by atoms with van der Waals surface area (Å²) in [7, 11) is 0. The Labute approximate surface area is 135 Å². The van der Waals surface area contributed by atoms with E-state index in [-0.39, 0.29) is 29.8 Å². The number of ether oxygens (including phenoxy) is 1. The van der Waals surface area contributed by atoms with Gasteiger partial charge in [-0.05, 0) is 43.9 Å². The second-order valence-electron chi connectivity index (χ2n) is 5.45.